The zero-order valence-electron chi connectivity index (χ0n) is 9.96. The van der Waals surface area contributed by atoms with Crippen molar-refractivity contribution in [1.29, 1.82) is 0 Å². The molecule has 0 aliphatic heterocycles. The molecule has 2 aromatic heterocycles. The summed E-state index contributed by atoms with van der Waals surface area (Å²) in [7, 11) is 0. The molecule has 1 unspecified atom stereocenters. The van der Waals surface area contributed by atoms with E-state index in [1.807, 2.05) is 0 Å². The van der Waals surface area contributed by atoms with E-state index in [-0.39, 0.29) is 11.7 Å². The number of carboxylic acid groups (broad SMARTS) is 1. The Labute approximate surface area is 109 Å². The van der Waals surface area contributed by atoms with Crippen LogP contribution in [0.2, 0.25) is 0 Å². The van der Waals surface area contributed by atoms with Crippen molar-refractivity contribution < 1.29 is 9.90 Å². The number of hydrogen-bond donors (Lipinski definition) is 2. The number of nitrogens with one attached hydrogen (secondary N) is 1. The quantitative estimate of drug-likeness (QED) is 0.869. The van der Waals surface area contributed by atoms with Gasteiger partial charge in [0.05, 0.1) is 0 Å². The number of pyridine rings is 1. The Morgan fingerprint density at radius 3 is 3.06 bits per heavy atom. The van der Waals surface area contributed by atoms with Crippen molar-refractivity contribution in [2.45, 2.75) is 19.4 Å². The molecule has 0 bridgehead atoms. The van der Waals surface area contributed by atoms with Crippen LogP contribution in [0.3, 0.4) is 0 Å². The molecule has 94 valence electrons. The first-order valence-electron chi connectivity index (χ1n) is 5.62. The van der Waals surface area contributed by atoms with Crippen molar-refractivity contribution in [2.24, 2.45) is 0 Å². The lowest BCUT2D eigenvalue weighted by Crippen LogP contribution is -2.18. The van der Waals surface area contributed by atoms with Gasteiger partial charge in [-0.2, -0.15) is 11.3 Å². The lowest BCUT2D eigenvalue weighted by molar-refractivity contribution is 0.0690. The van der Waals surface area contributed by atoms with Gasteiger partial charge in [-0.3, -0.25) is 0 Å². The summed E-state index contributed by atoms with van der Waals surface area (Å²) in [5.41, 5.74) is 2.13. The monoisotopic (exact) mass is 262 g/mol. The third-order valence-corrected chi connectivity index (χ3v) is 3.25. The summed E-state index contributed by atoms with van der Waals surface area (Å²) in [5, 5.41) is 16.3. The molecular formula is C13H14N2O2S. The van der Waals surface area contributed by atoms with Gasteiger partial charge in [0.2, 0.25) is 0 Å². The first kappa shape index (κ1) is 12.6. The summed E-state index contributed by atoms with van der Waals surface area (Å²) in [6, 6.07) is 5.66. The van der Waals surface area contributed by atoms with Crippen molar-refractivity contribution in [1.82, 2.24) is 4.98 Å². The van der Waals surface area contributed by atoms with E-state index in [1.165, 1.54) is 11.8 Å². The van der Waals surface area contributed by atoms with Gasteiger partial charge in [0.15, 0.2) is 0 Å². The maximum absolute atomic E-state index is 10.8. The Morgan fingerprint density at radius 1 is 1.56 bits per heavy atom. The number of carboxylic acids is 1. The van der Waals surface area contributed by atoms with E-state index in [0.717, 1.165) is 12.1 Å². The molecule has 0 saturated carbocycles. The molecule has 0 amide bonds. The van der Waals surface area contributed by atoms with Crippen molar-refractivity contribution in [3.05, 3.63) is 46.4 Å². The zero-order valence-corrected chi connectivity index (χ0v) is 10.8. The fraction of sp³-hybridized carbons (Fsp3) is 0.231. The average molecular weight is 262 g/mol. The van der Waals surface area contributed by atoms with E-state index in [4.69, 9.17) is 5.11 Å². The fourth-order valence-electron chi connectivity index (χ4n) is 1.74. The summed E-state index contributed by atoms with van der Waals surface area (Å²) in [4.78, 5) is 14.6. The highest BCUT2D eigenvalue weighted by Crippen LogP contribution is 2.13. The normalized spacial score (nSPS) is 12.1. The van der Waals surface area contributed by atoms with Crippen LogP contribution in [-0.4, -0.2) is 22.1 Å². The van der Waals surface area contributed by atoms with Gasteiger partial charge < -0.3 is 10.4 Å². The molecule has 2 rings (SSSR count). The molecule has 0 radical (unpaired) electrons. The van der Waals surface area contributed by atoms with Gasteiger partial charge in [0.25, 0.3) is 0 Å². The number of aromatic nitrogens is 1. The molecule has 5 heteroatoms. The number of aromatic carboxylic acids is 1. The smallest absolute Gasteiger partial charge is 0.354 e. The minimum absolute atomic E-state index is 0.0581. The van der Waals surface area contributed by atoms with Gasteiger partial charge >= 0.3 is 5.97 Å². The van der Waals surface area contributed by atoms with Crippen LogP contribution in [0.25, 0.3) is 0 Å². The maximum atomic E-state index is 10.8. The van der Waals surface area contributed by atoms with E-state index < -0.39 is 5.97 Å². The first-order chi connectivity index (χ1) is 8.65. The second-order valence-electron chi connectivity index (χ2n) is 4.12. The molecule has 2 N–H and O–H groups in total. The van der Waals surface area contributed by atoms with Crippen LogP contribution in [0.15, 0.2) is 35.2 Å². The van der Waals surface area contributed by atoms with Gasteiger partial charge in [0, 0.05) is 17.9 Å². The second-order valence-corrected chi connectivity index (χ2v) is 4.90. The Morgan fingerprint density at radius 2 is 2.39 bits per heavy atom. The van der Waals surface area contributed by atoms with Crippen LogP contribution in [0, 0.1) is 0 Å². The third kappa shape index (κ3) is 3.30. The van der Waals surface area contributed by atoms with Crippen LogP contribution < -0.4 is 5.32 Å². The Bertz CT molecular complexity index is 526. The molecule has 0 aliphatic rings. The molecule has 0 fully saturated rings. The molecule has 2 heterocycles. The van der Waals surface area contributed by atoms with E-state index in [0.29, 0.717) is 0 Å². The third-order valence-electron chi connectivity index (χ3n) is 2.51. The van der Waals surface area contributed by atoms with Crippen LogP contribution in [-0.2, 0) is 6.42 Å². The van der Waals surface area contributed by atoms with E-state index >= 15 is 0 Å². The number of rotatable bonds is 5. The van der Waals surface area contributed by atoms with Crippen LogP contribution in [0.4, 0.5) is 5.69 Å². The van der Waals surface area contributed by atoms with Gasteiger partial charge in [0.1, 0.15) is 5.69 Å². The lowest BCUT2D eigenvalue weighted by atomic mass is 10.1. The molecule has 0 saturated heterocycles. The Hall–Kier alpha value is -1.88. The fourth-order valence-corrected chi connectivity index (χ4v) is 2.42. The molecule has 18 heavy (non-hydrogen) atoms. The Balaban J connectivity index is 2.00. The molecule has 2 aromatic rings. The minimum Gasteiger partial charge on any atom is -0.477 e. The minimum atomic E-state index is -1.01. The molecule has 0 spiro atoms. The summed E-state index contributed by atoms with van der Waals surface area (Å²) < 4.78 is 0. The molecule has 4 nitrogen and oxygen atoms in total. The highest BCUT2D eigenvalue weighted by molar-refractivity contribution is 7.07. The van der Waals surface area contributed by atoms with Crippen molar-refractivity contribution >= 4 is 23.0 Å². The molecule has 1 atom stereocenters. The predicted molar refractivity (Wildman–Crippen MR) is 72.3 cm³/mol. The highest BCUT2D eigenvalue weighted by Gasteiger charge is 2.07. The largest absolute Gasteiger partial charge is 0.477 e. The van der Waals surface area contributed by atoms with E-state index in [9.17, 15) is 4.79 Å². The Kier molecular flexibility index (Phi) is 3.94. The molecule has 0 aromatic carbocycles. The topological polar surface area (TPSA) is 62.2 Å². The van der Waals surface area contributed by atoms with Gasteiger partial charge in [-0.15, -0.1) is 0 Å². The number of nitrogens with zero attached hydrogens (tertiary/aromatic N) is 1. The SMILES string of the molecule is CC(Cc1ccsc1)Nc1ccnc(C(=O)O)c1. The lowest BCUT2D eigenvalue weighted by Gasteiger charge is -2.14. The summed E-state index contributed by atoms with van der Waals surface area (Å²) in [6.45, 7) is 2.07. The second kappa shape index (κ2) is 5.64. The number of carbonyl (C=O) groups is 1. The standard InChI is InChI=1S/C13H14N2O2S/c1-9(6-10-3-5-18-8-10)15-11-2-4-14-12(7-11)13(16)17/h2-5,7-9H,6H2,1H3,(H,14,15)(H,16,17). The molecule has 0 aliphatic carbocycles. The summed E-state index contributed by atoms with van der Waals surface area (Å²) in [6.07, 6.45) is 2.41. The summed E-state index contributed by atoms with van der Waals surface area (Å²) >= 11 is 1.68. The van der Waals surface area contributed by atoms with Crippen molar-refractivity contribution in [2.75, 3.05) is 5.32 Å². The number of thiophene rings is 1. The summed E-state index contributed by atoms with van der Waals surface area (Å²) in [5.74, 6) is -1.01. The van der Waals surface area contributed by atoms with Gasteiger partial charge in [-0.05, 0) is 47.9 Å². The predicted octanol–water partition coefficient (Wildman–Crippen LogP) is 2.88. The van der Waals surface area contributed by atoms with Gasteiger partial charge in [-0.25, -0.2) is 9.78 Å². The van der Waals surface area contributed by atoms with Gasteiger partial charge in [-0.1, -0.05) is 0 Å². The number of hydrogen-bond acceptors (Lipinski definition) is 4. The van der Waals surface area contributed by atoms with E-state index in [1.54, 1.807) is 23.5 Å². The van der Waals surface area contributed by atoms with Crippen LogP contribution >= 0.6 is 11.3 Å². The van der Waals surface area contributed by atoms with Crippen molar-refractivity contribution in [3.8, 4) is 0 Å². The van der Waals surface area contributed by atoms with E-state index in [2.05, 4.69) is 34.1 Å². The maximum Gasteiger partial charge on any atom is 0.354 e. The number of anilines is 1. The first-order valence-corrected chi connectivity index (χ1v) is 6.56. The molecular weight excluding hydrogens is 248 g/mol. The van der Waals surface area contributed by atoms with Crippen molar-refractivity contribution in [3.63, 3.8) is 0 Å². The average Bonchev–Trinajstić information content (AvgIpc) is 2.82. The zero-order chi connectivity index (χ0) is 13.0. The van der Waals surface area contributed by atoms with Crippen LogP contribution in [0.5, 0.6) is 0 Å². The van der Waals surface area contributed by atoms with Crippen LogP contribution in [0.1, 0.15) is 23.0 Å². The highest BCUT2D eigenvalue weighted by atomic mass is 32.1.